The highest BCUT2D eigenvalue weighted by Crippen LogP contribution is 2.68. The lowest BCUT2D eigenvalue weighted by Gasteiger charge is -2.76. The van der Waals surface area contributed by atoms with Crippen molar-refractivity contribution in [1.29, 1.82) is 0 Å². The van der Waals surface area contributed by atoms with E-state index in [9.17, 15) is 14.4 Å². The third kappa shape index (κ3) is 4.03. The van der Waals surface area contributed by atoms with E-state index in [1.807, 2.05) is 33.9 Å². The Balaban J connectivity index is 1.34. The van der Waals surface area contributed by atoms with Crippen molar-refractivity contribution in [2.24, 2.45) is 0 Å². The number of amides is 4. The highest BCUT2D eigenvalue weighted by Gasteiger charge is 2.67. The first-order valence-corrected chi connectivity index (χ1v) is 16.7. The number of hydrogen-bond acceptors (Lipinski definition) is 4. The van der Waals surface area contributed by atoms with Crippen molar-refractivity contribution in [3.05, 3.63) is 71.6 Å². The second-order valence-electron chi connectivity index (χ2n) is 16.3. The molecule has 4 amide bonds. The molecule has 20 heteroatoms. The Labute approximate surface area is 288 Å². The summed E-state index contributed by atoms with van der Waals surface area (Å²) in [6.07, 6.45) is 5.19. The van der Waals surface area contributed by atoms with Crippen molar-refractivity contribution in [3.8, 4) is 0 Å². The second kappa shape index (κ2) is 10.1. The van der Waals surface area contributed by atoms with Gasteiger partial charge in [0.2, 0.25) is 0 Å². The third-order valence-corrected chi connectivity index (χ3v) is 13.6. The van der Waals surface area contributed by atoms with Crippen LogP contribution in [0.5, 0.6) is 0 Å². The van der Waals surface area contributed by atoms with E-state index < -0.39 is 28.3 Å². The molecule has 1 saturated heterocycles. The first-order chi connectivity index (χ1) is 22.3. The van der Waals surface area contributed by atoms with Crippen molar-refractivity contribution < 1.29 is 18.8 Å². The Morgan fingerprint density at radius 3 is 2.17 bits per heavy atom. The summed E-state index contributed by atoms with van der Waals surface area (Å²) in [5, 5.41) is 1.34. The predicted molar refractivity (Wildman–Crippen MR) is 214 cm³/mol. The summed E-state index contributed by atoms with van der Waals surface area (Å²) >= 11 is 0. The Morgan fingerprint density at radius 2 is 1.50 bits per heavy atom. The maximum absolute atomic E-state index is 15.6. The standard InChI is InChI=1S/C28H35B10FN6O3/c29-24(30)25(31,32)27(35,36)45(28(37,38)26(24,33)34)23(48)43-6-5-42-11-15(14-8-13(39)7-12(10-43)20(14)42)18-19(22(47)41-21(18)46)16-9-40-17-3-1-2-4-44(16)17/h1-4,7-9,11H,5-6,10,29-38H2,(H,41,46,47). The summed E-state index contributed by atoms with van der Waals surface area (Å²) < 4.78 is 19.3. The lowest BCUT2D eigenvalue weighted by Crippen LogP contribution is -2.82. The van der Waals surface area contributed by atoms with Crippen LogP contribution in [0.15, 0.2) is 48.9 Å². The van der Waals surface area contributed by atoms with Gasteiger partial charge < -0.3 is 14.4 Å². The number of aromatic nitrogens is 3. The van der Waals surface area contributed by atoms with E-state index >= 15 is 4.39 Å². The molecule has 6 heterocycles. The van der Waals surface area contributed by atoms with E-state index in [1.165, 1.54) is 12.1 Å². The summed E-state index contributed by atoms with van der Waals surface area (Å²) in [5.74, 6) is -1.54. The molecule has 7 rings (SSSR count). The lowest BCUT2D eigenvalue weighted by atomic mass is 9.05. The molecule has 3 aliphatic heterocycles. The van der Waals surface area contributed by atoms with Crippen LogP contribution in [-0.2, 0) is 22.7 Å². The van der Waals surface area contributed by atoms with Crippen LogP contribution in [0.3, 0.4) is 0 Å². The number of piperidine rings is 1. The smallest absolute Gasteiger partial charge is 0.318 e. The number of hydrogen-bond donors (Lipinski definition) is 1. The van der Waals surface area contributed by atoms with Crippen LogP contribution in [-0.4, -0.2) is 137 Å². The number of pyridine rings is 1. The fourth-order valence-electron chi connectivity index (χ4n) is 8.92. The maximum Gasteiger partial charge on any atom is 0.318 e. The zero-order chi connectivity index (χ0) is 34.9. The molecular weight excluding hydrogens is 595 g/mol. The van der Waals surface area contributed by atoms with Crippen LogP contribution in [0.4, 0.5) is 9.18 Å². The number of fused-ring (bicyclic) bond motifs is 1. The van der Waals surface area contributed by atoms with Crippen molar-refractivity contribution in [2.75, 3.05) is 6.54 Å². The molecule has 0 bridgehead atoms. The van der Waals surface area contributed by atoms with Gasteiger partial charge in [-0.25, -0.2) is 14.2 Å². The average Bonchev–Trinajstić information content (AvgIpc) is 3.61. The Bertz CT molecular complexity index is 2110. The van der Waals surface area contributed by atoms with E-state index in [-0.39, 0.29) is 39.4 Å². The summed E-state index contributed by atoms with van der Waals surface area (Å²) in [6, 6.07) is 8.32. The van der Waals surface area contributed by atoms with Crippen molar-refractivity contribution in [2.45, 2.75) is 39.4 Å². The molecule has 0 aliphatic carbocycles. The number of nitrogens with zero attached hydrogens (tertiary/aromatic N) is 5. The molecule has 3 aliphatic rings. The zero-order valence-corrected chi connectivity index (χ0v) is 29.6. The fraction of sp³-hybridized carbons (Fsp3) is 0.286. The number of likely N-dealkylation sites (tertiary alicyclic amines) is 1. The number of imide groups is 1. The van der Waals surface area contributed by atoms with Crippen molar-refractivity contribution >= 4 is 124 Å². The van der Waals surface area contributed by atoms with Gasteiger partial charge in [0.1, 0.15) is 42.8 Å². The molecule has 0 radical (unpaired) electrons. The highest BCUT2D eigenvalue weighted by molar-refractivity contribution is 6.70. The highest BCUT2D eigenvalue weighted by atomic mass is 19.1. The molecule has 1 fully saturated rings. The van der Waals surface area contributed by atoms with E-state index in [0.29, 0.717) is 40.9 Å². The number of benzene rings is 1. The van der Waals surface area contributed by atoms with E-state index in [4.69, 9.17) is 0 Å². The predicted octanol–water partition coefficient (Wildman–Crippen LogP) is -6.77. The summed E-state index contributed by atoms with van der Waals surface area (Å²) in [7, 11) is 22.3. The van der Waals surface area contributed by atoms with Crippen LogP contribution in [0.2, 0.25) is 15.6 Å². The van der Waals surface area contributed by atoms with Gasteiger partial charge in [0.15, 0.2) is 0 Å². The number of imidazole rings is 1. The second-order valence-corrected chi connectivity index (χ2v) is 16.3. The van der Waals surface area contributed by atoms with Gasteiger partial charge in [-0.05, 0) is 40.5 Å². The molecular formula is C28H35B10FN6O3. The van der Waals surface area contributed by atoms with Gasteiger partial charge in [-0.3, -0.25) is 19.3 Å². The van der Waals surface area contributed by atoms with Crippen LogP contribution in [0, 0.1) is 5.82 Å². The third-order valence-electron chi connectivity index (χ3n) is 13.6. The molecule has 0 atom stereocenters. The van der Waals surface area contributed by atoms with Gasteiger partial charge in [0.25, 0.3) is 11.8 Å². The number of carbonyl (C=O) groups excluding carboxylic acids is 3. The van der Waals surface area contributed by atoms with E-state index in [2.05, 4.69) is 93.7 Å². The molecule has 1 aromatic carbocycles. The zero-order valence-electron chi connectivity index (χ0n) is 29.6. The number of carbonyl (C=O) groups is 3. The number of halogens is 1. The minimum absolute atomic E-state index is 0.0802. The van der Waals surface area contributed by atoms with E-state index in [1.54, 1.807) is 16.8 Å². The van der Waals surface area contributed by atoms with Gasteiger partial charge in [-0.1, -0.05) is 21.7 Å². The van der Waals surface area contributed by atoms with Gasteiger partial charge in [-0.2, -0.15) is 0 Å². The molecule has 48 heavy (non-hydrogen) atoms. The molecule has 0 saturated carbocycles. The Kier molecular flexibility index (Phi) is 6.89. The fourth-order valence-corrected chi connectivity index (χ4v) is 8.92. The largest absolute Gasteiger partial charge is 0.347 e. The SMILES string of the molecule is BC1(B)N(C(=O)N2CCn3cc(C4=C(c5cnc6ccccn56)C(=O)NC4=O)c4cc(F)cc(c43)C2)C(B)(B)C(B)(B)C(B)(B)C1(B)B. The van der Waals surface area contributed by atoms with E-state index in [0.717, 1.165) is 5.52 Å². The van der Waals surface area contributed by atoms with Crippen molar-refractivity contribution in [3.63, 3.8) is 0 Å². The Hall–Kier alpha value is -3.82. The van der Waals surface area contributed by atoms with Gasteiger partial charge in [0, 0.05) is 43.0 Å². The topological polar surface area (TPSA) is 91.9 Å². The van der Waals surface area contributed by atoms with Crippen LogP contribution >= 0.6 is 0 Å². The van der Waals surface area contributed by atoms with Crippen LogP contribution in [0.25, 0.3) is 27.7 Å². The number of urea groups is 1. The monoisotopic (exact) mass is 632 g/mol. The number of rotatable bonds is 2. The Morgan fingerprint density at radius 1 is 0.854 bits per heavy atom. The minimum Gasteiger partial charge on any atom is -0.347 e. The lowest BCUT2D eigenvalue weighted by molar-refractivity contribution is -0.122. The van der Waals surface area contributed by atoms with Gasteiger partial charge >= 0.3 is 6.03 Å². The average molecular weight is 631 g/mol. The molecule has 9 nitrogen and oxygen atoms in total. The van der Waals surface area contributed by atoms with Crippen LogP contribution < -0.4 is 5.32 Å². The van der Waals surface area contributed by atoms with Crippen molar-refractivity contribution in [1.82, 2.24) is 29.1 Å². The summed E-state index contributed by atoms with van der Waals surface area (Å²) in [5.41, 5.74) is 3.36. The maximum atomic E-state index is 15.6. The first-order valence-electron chi connectivity index (χ1n) is 16.7. The number of nitrogens with one attached hydrogen (secondary N) is 1. The van der Waals surface area contributed by atoms with Crippen LogP contribution in [0.1, 0.15) is 16.8 Å². The molecule has 4 aromatic rings. The normalized spacial score (nSPS) is 22.2. The molecule has 232 valence electrons. The minimum atomic E-state index is -0.540. The molecule has 0 unspecified atom stereocenters. The molecule has 3 aromatic heterocycles. The first kappa shape index (κ1) is 32.7. The summed E-state index contributed by atoms with van der Waals surface area (Å²) in [4.78, 5) is 49.9. The van der Waals surface area contributed by atoms with Gasteiger partial charge in [-0.15, -0.1) is 0 Å². The quantitative estimate of drug-likeness (QED) is 0.176. The molecule has 0 spiro atoms. The van der Waals surface area contributed by atoms with Gasteiger partial charge in [0.05, 0.1) is 75.6 Å². The molecule has 1 N–H and O–H groups in total. The summed E-state index contributed by atoms with van der Waals surface area (Å²) in [6.45, 7) is 1.02.